The monoisotopic (exact) mass is 333 g/mol. The van der Waals surface area contributed by atoms with Crippen molar-refractivity contribution in [3.05, 3.63) is 28.1 Å². The lowest BCUT2D eigenvalue weighted by molar-refractivity contribution is 0.0544. The molecule has 1 aromatic carbocycles. The molecule has 130 valence electrons. The van der Waals surface area contributed by atoms with Crippen molar-refractivity contribution in [2.45, 2.75) is 25.9 Å². The number of hydrogen-bond acceptors (Lipinski definition) is 5. The minimum absolute atomic E-state index is 0.0568. The molecule has 8 nitrogen and oxygen atoms in total. The highest BCUT2D eigenvalue weighted by Crippen LogP contribution is 2.37. The number of likely N-dealkylation sites (tertiary alicyclic amines) is 1. The van der Waals surface area contributed by atoms with Crippen molar-refractivity contribution >= 4 is 11.6 Å². The molecule has 0 unspecified atom stereocenters. The number of carbonyl (C=O) groups excluding carboxylic acids is 1. The van der Waals surface area contributed by atoms with Crippen molar-refractivity contribution in [1.29, 1.82) is 0 Å². The van der Waals surface area contributed by atoms with Crippen LogP contribution >= 0.6 is 0 Å². The topological polar surface area (TPSA) is 90.8 Å². The number of azide groups is 1. The molecule has 1 aliphatic rings. The van der Waals surface area contributed by atoms with Crippen LogP contribution < -0.4 is 9.47 Å². The lowest BCUT2D eigenvalue weighted by atomic mass is 10.1. The summed E-state index contributed by atoms with van der Waals surface area (Å²) in [6, 6.07) is 3.08. The molecule has 0 saturated carbocycles. The third-order valence-electron chi connectivity index (χ3n) is 4.36. The maximum Gasteiger partial charge on any atom is 0.258 e. The second-order valence-electron chi connectivity index (χ2n) is 5.59. The molecule has 1 amide bonds. The standard InChI is InChI=1S/C16H23N5O3/c1-5-21-8-6-7-14(21)20(2)16(22)12-9-11(18-19-17)10-13(23-3)15(12)24-4/h9-10,14H,5-8H2,1-4H3/t14-/m1/s1. The van der Waals surface area contributed by atoms with Gasteiger partial charge in [-0.2, -0.15) is 0 Å². The molecule has 1 saturated heterocycles. The normalized spacial score (nSPS) is 17.2. The Balaban J connectivity index is 2.43. The van der Waals surface area contributed by atoms with Crippen LogP contribution in [-0.2, 0) is 0 Å². The van der Waals surface area contributed by atoms with E-state index < -0.39 is 0 Å². The predicted molar refractivity (Wildman–Crippen MR) is 90.7 cm³/mol. The highest BCUT2D eigenvalue weighted by atomic mass is 16.5. The quantitative estimate of drug-likeness (QED) is 0.454. The van der Waals surface area contributed by atoms with Crippen molar-refractivity contribution in [2.24, 2.45) is 5.11 Å². The number of methoxy groups -OCH3 is 2. The Labute approximate surface area is 141 Å². The molecule has 24 heavy (non-hydrogen) atoms. The molecule has 0 aliphatic carbocycles. The Hall–Kier alpha value is -2.44. The van der Waals surface area contributed by atoms with Crippen LogP contribution in [0, 0.1) is 0 Å². The van der Waals surface area contributed by atoms with Crippen LogP contribution in [0.4, 0.5) is 5.69 Å². The summed E-state index contributed by atoms with van der Waals surface area (Å²) >= 11 is 0. The highest BCUT2D eigenvalue weighted by Gasteiger charge is 2.31. The summed E-state index contributed by atoms with van der Waals surface area (Å²) in [5.74, 6) is 0.510. The van der Waals surface area contributed by atoms with Gasteiger partial charge in [0.2, 0.25) is 0 Å². The van der Waals surface area contributed by atoms with Crippen molar-refractivity contribution in [1.82, 2.24) is 9.80 Å². The van der Waals surface area contributed by atoms with E-state index in [2.05, 4.69) is 21.8 Å². The number of amides is 1. The average molecular weight is 333 g/mol. The minimum Gasteiger partial charge on any atom is -0.493 e. The molecule has 0 bridgehead atoms. The summed E-state index contributed by atoms with van der Waals surface area (Å²) in [4.78, 5) is 19.8. The zero-order valence-corrected chi connectivity index (χ0v) is 14.5. The molecule has 0 N–H and O–H groups in total. The van der Waals surface area contributed by atoms with E-state index in [-0.39, 0.29) is 12.1 Å². The van der Waals surface area contributed by atoms with Gasteiger partial charge in [0.25, 0.3) is 5.91 Å². The maximum atomic E-state index is 13.0. The zero-order chi connectivity index (χ0) is 17.7. The van der Waals surface area contributed by atoms with Gasteiger partial charge in [-0.3, -0.25) is 9.69 Å². The van der Waals surface area contributed by atoms with Crippen LogP contribution in [0.2, 0.25) is 0 Å². The van der Waals surface area contributed by atoms with Gasteiger partial charge in [-0.05, 0) is 37.1 Å². The predicted octanol–water partition coefficient (Wildman–Crippen LogP) is 3.16. The summed E-state index contributed by atoms with van der Waals surface area (Å²) in [5, 5.41) is 3.59. The van der Waals surface area contributed by atoms with E-state index in [4.69, 9.17) is 15.0 Å². The van der Waals surface area contributed by atoms with Crippen molar-refractivity contribution in [3.8, 4) is 11.5 Å². The Bertz CT molecular complexity index is 657. The number of rotatable bonds is 6. The van der Waals surface area contributed by atoms with Gasteiger partial charge < -0.3 is 14.4 Å². The minimum atomic E-state index is -0.189. The van der Waals surface area contributed by atoms with Crippen LogP contribution in [-0.4, -0.2) is 56.2 Å². The Kier molecular flexibility index (Phi) is 5.89. The molecular formula is C16H23N5O3. The third kappa shape index (κ3) is 3.39. The number of nitrogens with zero attached hydrogens (tertiary/aromatic N) is 5. The molecule has 1 aliphatic heterocycles. The first-order chi connectivity index (χ1) is 11.6. The Morgan fingerprint density at radius 1 is 1.46 bits per heavy atom. The number of ether oxygens (including phenoxy) is 2. The second-order valence-corrected chi connectivity index (χ2v) is 5.59. The van der Waals surface area contributed by atoms with Crippen LogP contribution in [0.1, 0.15) is 30.1 Å². The van der Waals surface area contributed by atoms with E-state index in [9.17, 15) is 4.79 Å². The molecule has 2 rings (SSSR count). The van der Waals surface area contributed by atoms with Gasteiger partial charge in [-0.1, -0.05) is 12.0 Å². The maximum absolute atomic E-state index is 13.0. The van der Waals surface area contributed by atoms with Crippen molar-refractivity contribution < 1.29 is 14.3 Å². The molecular weight excluding hydrogens is 310 g/mol. The fourth-order valence-corrected chi connectivity index (χ4v) is 3.16. The Morgan fingerprint density at radius 2 is 2.21 bits per heavy atom. The highest BCUT2D eigenvalue weighted by molar-refractivity contribution is 5.99. The smallest absolute Gasteiger partial charge is 0.258 e. The van der Waals surface area contributed by atoms with Crippen LogP contribution in [0.15, 0.2) is 17.2 Å². The first-order valence-corrected chi connectivity index (χ1v) is 7.89. The second kappa shape index (κ2) is 7.90. The summed E-state index contributed by atoms with van der Waals surface area (Å²) < 4.78 is 10.6. The molecule has 0 aromatic heterocycles. The largest absolute Gasteiger partial charge is 0.493 e. The van der Waals surface area contributed by atoms with E-state index in [1.807, 2.05) is 0 Å². The van der Waals surface area contributed by atoms with Gasteiger partial charge in [0.05, 0.1) is 25.9 Å². The summed E-state index contributed by atoms with van der Waals surface area (Å²) in [7, 11) is 4.74. The molecule has 1 fully saturated rings. The van der Waals surface area contributed by atoms with Crippen LogP contribution in [0.25, 0.3) is 10.4 Å². The Morgan fingerprint density at radius 3 is 2.79 bits per heavy atom. The summed E-state index contributed by atoms with van der Waals surface area (Å²) in [5.41, 5.74) is 9.31. The summed E-state index contributed by atoms with van der Waals surface area (Å²) in [6.45, 7) is 3.96. The molecule has 0 radical (unpaired) electrons. The molecule has 8 heteroatoms. The molecule has 1 atom stereocenters. The zero-order valence-electron chi connectivity index (χ0n) is 14.5. The van der Waals surface area contributed by atoms with Gasteiger partial charge in [0.1, 0.15) is 0 Å². The van der Waals surface area contributed by atoms with Crippen LogP contribution in [0.3, 0.4) is 0 Å². The summed E-state index contributed by atoms with van der Waals surface area (Å²) in [6.07, 6.45) is 2.06. The van der Waals surface area contributed by atoms with Crippen molar-refractivity contribution in [2.75, 3.05) is 34.4 Å². The van der Waals surface area contributed by atoms with Crippen molar-refractivity contribution in [3.63, 3.8) is 0 Å². The van der Waals surface area contributed by atoms with Gasteiger partial charge in [-0.25, -0.2) is 0 Å². The number of hydrogen-bond donors (Lipinski definition) is 0. The van der Waals surface area contributed by atoms with Gasteiger partial charge in [-0.15, -0.1) is 0 Å². The van der Waals surface area contributed by atoms with E-state index in [0.29, 0.717) is 22.7 Å². The van der Waals surface area contributed by atoms with Gasteiger partial charge in [0.15, 0.2) is 11.5 Å². The van der Waals surface area contributed by atoms with Crippen LogP contribution in [0.5, 0.6) is 11.5 Å². The van der Waals surface area contributed by atoms with E-state index in [0.717, 1.165) is 25.9 Å². The first kappa shape index (κ1) is 17.9. The van der Waals surface area contributed by atoms with E-state index >= 15 is 0 Å². The van der Waals surface area contributed by atoms with E-state index in [1.54, 1.807) is 18.0 Å². The molecule has 1 aromatic rings. The number of benzene rings is 1. The van der Waals surface area contributed by atoms with Gasteiger partial charge in [0, 0.05) is 24.2 Å². The fourth-order valence-electron chi connectivity index (χ4n) is 3.16. The SMILES string of the molecule is CCN1CCC[C@@H]1N(C)C(=O)c1cc(N=[N+]=[N-])cc(OC)c1OC. The third-order valence-corrected chi connectivity index (χ3v) is 4.36. The van der Waals surface area contributed by atoms with Gasteiger partial charge >= 0.3 is 0 Å². The van der Waals surface area contributed by atoms with E-state index in [1.165, 1.54) is 20.3 Å². The fraction of sp³-hybridized carbons (Fsp3) is 0.562. The lowest BCUT2D eigenvalue weighted by Crippen LogP contribution is -2.45. The lowest BCUT2D eigenvalue weighted by Gasteiger charge is -2.32. The first-order valence-electron chi connectivity index (χ1n) is 7.89. The molecule has 0 spiro atoms. The molecule has 1 heterocycles. The number of carbonyl (C=O) groups is 1. The average Bonchev–Trinajstić information content (AvgIpc) is 3.08.